The van der Waals surface area contributed by atoms with E-state index in [4.69, 9.17) is 5.73 Å². The van der Waals surface area contributed by atoms with E-state index in [0.29, 0.717) is 12.0 Å². The van der Waals surface area contributed by atoms with Gasteiger partial charge in [0.15, 0.2) is 0 Å². The smallest absolute Gasteiger partial charge is 0.0233 e. The first-order chi connectivity index (χ1) is 10.1. The monoisotopic (exact) mass is 288 g/mol. The quantitative estimate of drug-likeness (QED) is 0.858. The number of hydrogen-bond acceptors (Lipinski definition) is 2. The van der Waals surface area contributed by atoms with Crippen LogP contribution in [0.3, 0.4) is 0 Å². The summed E-state index contributed by atoms with van der Waals surface area (Å²) in [6, 6.07) is 9.54. The number of aryl methyl sites for hydroxylation is 1. The summed E-state index contributed by atoms with van der Waals surface area (Å²) in [6.07, 6.45) is 6.71. The van der Waals surface area contributed by atoms with E-state index >= 15 is 0 Å². The Morgan fingerprint density at radius 2 is 2.10 bits per heavy atom. The van der Waals surface area contributed by atoms with Gasteiger partial charge < -0.3 is 5.73 Å². The molecule has 0 aliphatic heterocycles. The van der Waals surface area contributed by atoms with Gasteiger partial charge in [-0.05, 0) is 50.8 Å². The molecule has 21 heavy (non-hydrogen) atoms. The van der Waals surface area contributed by atoms with Crippen LogP contribution in [-0.4, -0.2) is 24.5 Å². The van der Waals surface area contributed by atoms with Gasteiger partial charge in [-0.3, -0.25) is 4.90 Å². The molecule has 0 aromatic heterocycles. The van der Waals surface area contributed by atoms with E-state index in [1.54, 1.807) is 0 Å². The molecular formula is C19H32N2. The molecule has 1 aromatic carbocycles. The highest BCUT2D eigenvalue weighted by molar-refractivity contribution is 5.22. The maximum atomic E-state index is 6.04. The van der Waals surface area contributed by atoms with Crippen LogP contribution in [0.1, 0.15) is 50.2 Å². The lowest BCUT2D eigenvalue weighted by molar-refractivity contribution is 0.0947. The Hall–Kier alpha value is -0.860. The average Bonchev–Trinajstić information content (AvgIpc) is 2.47. The van der Waals surface area contributed by atoms with Crippen molar-refractivity contribution in [2.45, 2.75) is 58.5 Å². The van der Waals surface area contributed by atoms with Crippen molar-refractivity contribution in [2.75, 3.05) is 13.6 Å². The minimum Gasteiger partial charge on any atom is -0.330 e. The summed E-state index contributed by atoms with van der Waals surface area (Å²) in [6.45, 7) is 6.36. The van der Waals surface area contributed by atoms with Gasteiger partial charge in [0.1, 0.15) is 0 Å². The second-order valence-corrected chi connectivity index (χ2v) is 6.94. The lowest BCUT2D eigenvalue weighted by Gasteiger charge is -2.41. The molecule has 0 amide bonds. The molecule has 3 atom stereocenters. The van der Waals surface area contributed by atoms with Crippen molar-refractivity contribution in [2.24, 2.45) is 17.6 Å². The van der Waals surface area contributed by atoms with Crippen molar-refractivity contribution in [3.8, 4) is 0 Å². The molecule has 1 saturated carbocycles. The highest BCUT2D eigenvalue weighted by Crippen LogP contribution is 2.34. The van der Waals surface area contributed by atoms with Gasteiger partial charge in [0.05, 0.1) is 0 Å². The molecule has 0 spiro atoms. The second kappa shape index (κ2) is 7.95. The van der Waals surface area contributed by atoms with E-state index in [9.17, 15) is 0 Å². The van der Waals surface area contributed by atoms with Crippen LogP contribution >= 0.6 is 0 Å². The Labute approximate surface area is 130 Å². The van der Waals surface area contributed by atoms with Gasteiger partial charge in [-0.25, -0.2) is 0 Å². The number of rotatable bonds is 6. The number of nitrogens with two attached hydrogens (primary N) is 1. The predicted molar refractivity (Wildman–Crippen MR) is 91.2 cm³/mol. The van der Waals surface area contributed by atoms with Crippen LogP contribution in [-0.2, 0) is 6.54 Å². The zero-order valence-corrected chi connectivity index (χ0v) is 14.0. The first kappa shape index (κ1) is 16.5. The van der Waals surface area contributed by atoms with Crippen molar-refractivity contribution < 1.29 is 0 Å². The molecule has 1 aliphatic rings. The van der Waals surface area contributed by atoms with Gasteiger partial charge >= 0.3 is 0 Å². The molecule has 0 bridgehead atoms. The van der Waals surface area contributed by atoms with Gasteiger partial charge in [-0.2, -0.15) is 0 Å². The standard InChI is InChI=1S/C19H32N2/c1-4-6-16-9-10-18(13-20)19(12-16)21(3)14-17-8-5-7-15(2)11-17/h5,7-8,11,16,18-19H,4,6,9-10,12-14,20H2,1-3H3. The van der Waals surface area contributed by atoms with Gasteiger partial charge in [0.2, 0.25) is 0 Å². The van der Waals surface area contributed by atoms with Crippen molar-refractivity contribution in [1.29, 1.82) is 0 Å². The summed E-state index contributed by atoms with van der Waals surface area (Å²) in [4.78, 5) is 2.55. The van der Waals surface area contributed by atoms with Crippen LogP contribution in [0.4, 0.5) is 0 Å². The number of benzene rings is 1. The predicted octanol–water partition coefficient (Wildman–Crippen LogP) is 3.97. The fourth-order valence-electron chi connectivity index (χ4n) is 3.99. The molecule has 0 saturated heterocycles. The summed E-state index contributed by atoms with van der Waals surface area (Å²) >= 11 is 0. The molecule has 1 fully saturated rings. The first-order valence-electron chi connectivity index (χ1n) is 8.59. The summed E-state index contributed by atoms with van der Waals surface area (Å²) in [7, 11) is 2.28. The third-order valence-corrected chi connectivity index (χ3v) is 5.14. The van der Waals surface area contributed by atoms with Crippen LogP contribution in [0.2, 0.25) is 0 Å². The van der Waals surface area contributed by atoms with Crippen molar-refractivity contribution >= 4 is 0 Å². The molecule has 118 valence electrons. The number of nitrogens with zero attached hydrogens (tertiary/aromatic N) is 1. The molecule has 2 rings (SSSR count). The molecule has 3 unspecified atom stereocenters. The van der Waals surface area contributed by atoms with Gasteiger partial charge in [-0.15, -0.1) is 0 Å². The van der Waals surface area contributed by atoms with Crippen LogP contribution < -0.4 is 5.73 Å². The fraction of sp³-hybridized carbons (Fsp3) is 0.684. The first-order valence-corrected chi connectivity index (χ1v) is 8.59. The van der Waals surface area contributed by atoms with Crippen LogP contribution in [0.15, 0.2) is 24.3 Å². The zero-order chi connectivity index (χ0) is 15.2. The van der Waals surface area contributed by atoms with E-state index in [1.165, 1.54) is 43.2 Å². The van der Waals surface area contributed by atoms with E-state index in [0.717, 1.165) is 19.0 Å². The summed E-state index contributed by atoms with van der Waals surface area (Å²) in [5.41, 5.74) is 8.81. The molecule has 2 nitrogen and oxygen atoms in total. The molecule has 2 heteroatoms. The second-order valence-electron chi connectivity index (χ2n) is 6.94. The van der Waals surface area contributed by atoms with Crippen LogP contribution in [0.25, 0.3) is 0 Å². The SMILES string of the molecule is CCCC1CCC(CN)C(N(C)Cc2cccc(C)c2)C1. The molecule has 2 N–H and O–H groups in total. The Morgan fingerprint density at radius 1 is 1.29 bits per heavy atom. The maximum absolute atomic E-state index is 6.04. The Balaban J connectivity index is 2.01. The van der Waals surface area contributed by atoms with Crippen molar-refractivity contribution in [3.05, 3.63) is 35.4 Å². The molecule has 0 heterocycles. The summed E-state index contributed by atoms with van der Waals surface area (Å²) in [5, 5.41) is 0. The molecule has 0 radical (unpaired) electrons. The lowest BCUT2D eigenvalue weighted by Crippen LogP contribution is -2.44. The third kappa shape index (κ3) is 4.55. The van der Waals surface area contributed by atoms with Gasteiger partial charge in [-0.1, -0.05) is 56.0 Å². The Kier molecular flexibility index (Phi) is 6.25. The number of hydrogen-bond donors (Lipinski definition) is 1. The van der Waals surface area contributed by atoms with Crippen molar-refractivity contribution in [1.82, 2.24) is 4.90 Å². The molecule has 1 aliphatic carbocycles. The largest absolute Gasteiger partial charge is 0.330 e. The molecular weight excluding hydrogens is 256 g/mol. The van der Waals surface area contributed by atoms with Crippen LogP contribution in [0.5, 0.6) is 0 Å². The average molecular weight is 288 g/mol. The Bertz CT molecular complexity index is 429. The van der Waals surface area contributed by atoms with Crippen molar-refractivity contribution in [3.63, 3.8) is 0 Å². The van der Waals surface area contributed by atoms with Gasteiger partial charge in [0.25, 0.3) is 0 Å². The van der Waals surface area contributed by atoms with E-state index in [2.05, 4.69) is 50.1 Å². The zero-order valence-electron chi connectivity index (χ0n) is 14.0. The van der Waals surface area contributed by atoms with E-state index < -0.39 is 0 Å². The lowest BCUT2D eigenvalue weighted by atomic mass is 9.76. The maximum Gasteiger partial charge on any atom is 0.0233 e. The highest BCUT2D eigenvalue weighted by atomic mass is 15.1. The van der Waals surface area contributed by atoms with E-state index in [-0.39, 0.29) is 0 Å². The third-order valence-electron chi connectivity index (χ3n) is 5.14. The van der Waals surface area contributed by atoms with Crippen LogP contribution in [0, 0.1) is 18.8 Å². The highest BCUT2D eigenvalue weighted by Gasteiger charge is 2.31. The summed E-state index contributed by atoms with van der Waals surface area (Å²) < 4.78 is 0. The minimum absolute atomic E-state index is 0.654. The normalized spacial score (nSPS) is 26.2. The minimum atomic E-state index is 0.654. The van der Waals surface area contributed by atoms with Gasteiger partial charge in [0, 0.05) is 12.6 Å². The topological polar surface area (TPSA) is 29.3 Å². The fourth-order valence-corrected chi connectivity index (χ4v) is 3.99. The Morgan fingerprint density at radius 3 is 2.76 bits per heavy atom. The molecule has 1 aromatic rings. The summed E-state index contributed by atoms with van der Waals surface area (Å²) in [5.74, 6) is 1.58. The van der Waals surface area contributed by atoms with E-state index in [1.807, 2.05) is 0 Å².